The van der Waals surface area contributed by atoms with E-state index in [1.54, 1.807) is 0 Å². The molecule has 0 aliphatic heterocycles. The number of benzene rings is 1. The average Bonchev–Trinajstić information content (AvgIpc) is 2.93. The molecule has 24 heavy (non-hydrogen) atoms. The van der Waals surface area contributed by atoms with E-state index in [4.69, 9.17) is 5.73 Å². The SMILES string of the molecule is Cc1[nH]nc(C(=O)N(CCN)CCc2ccccc2)c1[N+](=O)[O-].Cl. The summed E-state index contributed by atoms with van der Waals surface area (Å²) in [5, 5.41) is 17.4. The lowest BCUT2D eigenvalue weighted by atomic mass is 10.1. The van der Waals surface area contributed by atoms with E-state index in [0.29, 0.717) is 19.5 Å². The van der Waals surface area contributed by atoms with Gasteiger partial charge in [-0.05, 0) is 18.9 Å². The molecule has 9 heteroatoms. The van der Waals surface area contributed by atoms with Gasteiger partial charge in [0.15, 0.2) is 0 Å². The van der Waals surface area contributed by atoms with Crippen molar-refractivity contribution >= 4 is 24.0 Å². The molecule has 0 radical (unpaired) electrons. The first-order chi connectivity index (χ1) is 11.0. The van der Waals surface area contributed by atoms with E-state index in [-0.39, 0.29) is 36.0 Å². The maximum absolute atomic E-state index is 12.6. The molecule has 0 spiro atoms. The van der Waals surface area contributed by atoms with E-state index in [1.165, 1.54) is 11.8 Å². The zero-order valence-electron chi connectivity index (χ0n) is 13.3. The number of nitrogens with one attached hydrogen (secondary N) is 1. The number of carbonyl (C=O) groups is 1. The quantitative estimate of drug-likeness (QED) is 0.580. The number of aryl methyl sites for hydroxylation is 1. The molecule has 0 saturated carbocycles. The largest absolute Gasteiger partial charge is 0.335 e. The van der Waals surface area contributed by atoms with Crippen LogP contribution in [0.4, 0.5) is 5.69 Å². The Morgan fingerprint density at radius 3 is 2.58 bits per heavy atom. The van der Waals surface area contributed by atoms with Crippen LogP contribution in [0.15, 0.2) is 30.3 Å². The number of rotatable bonds is 7. The molecule has 2 aromatic rings. The molecule has 0 bridgehead atoms. The molecule has 1 aromatic carbocycles. The Bertz CT molecular complexity index is 690. The van der Waals surface area contributed by atoms with E-state index in [2.05, 4.69) is 10.2 Å². The van der Waals surface area contributed by atoms with Crippen LogP contribution >= 0.6 is 12.4 Å². The first-order valence-electron chi connectivity index (χ1n) is 7.27. The van der Waals surface area contributed by atoms with Gasteiger partial charge in [-0.2, -0.15) is 5.10 Å². The number of amides is 1. The van der Waals surface area contributed by atoms with Crippen LogP contribution in [0.1, 0.15) is 21.7 Å². The van der Waals surface area contributed by atoms with Crippen LogP contribution in [0, 0.1) is 17.0 Å². The predicted octanol–water partition coefficient (Wildman–Crippen LogP) is 1.69. The number of aromatic nitrogens is 2. The van der Waals surface area contributed by atoms with Gasteiger partial charge in [0, 0.05) is 19.6 Å². The minimum atomic E-state index is -0.593. The van der Waals surface area contributed by atoms with Gasteiger partial charge in [0.2, 0.25) is 5.69 Å². The summed E-state index contributed by atoms with van der Waals surface area (Å²) in [5.41, 5.74) is 6.45. The third kappa shape index (κ3) is 4.53. The fourth-order valence-electron chi connectivity index (χ4n) is 2.33. The maximum atomic E-state index is 12.6. The second-order valence-corrected chi connectivity index (χ2v) is 5.12. The number of H-pyrrole nitrogens is 1. The number of nitro groups is 1. The van der Waals surface area contributed by atoms with Crippen LogP contribution in [0.2, 0.25) is 0 Å². The predicted molar refractivity (Wildman–Crippen MR) is 92.3 cm³/mol. The van der Waals surface area contributed by atoms with Crippen molar-refractivity contribution in [2.75, 3.05) is 19.6 Å². The molecular weight excluding hydrogens is 334 g/mol. The highest BCUT2D eigenvalue weighted by Gasteiger charge is 2.30. The minimum absolute atomic E-state index is 0. The molecule has 1 aromatic heterocycles. The number of hydrogen-bond donors (Lipinski definition) is 2. The Hall–Kier alpha value is -2.45. The van der Waals surface area contributed by atoms with Crippen molar-refractivity contribution < 1.29 is 9.72 Å². The molecule has 3 N–H and O–H groups in total. The standard InChI is InChI=1S/C15H19N5O3.ClH/c1-11-14(20(22)23)13(18-17-11)15(21)19(10-8-16)9-7-12-5-3-2-4-6-12;/h2-6H,7-10,16H2,1H3,(H,17,18);1H. The van der Waals surface area contributed by atoms with Crippen molar-refractivity contribution in [3.8, 4) is 0 Å². The van der Waals surface area contributed by atoms with Gasteiger partial charge in [-0.1, -0.05) is 30.3 Å². The number of halogens is 1. The molecule has 0 aliphatic carbocycles. The van der Waals surface area contributed by atoms with Gasteiger partial charge in [0.1, 0.15) is 5.69 Å². The van der Waals surface area contributed by atoms with E-state index in [0.717, 1.165) is 5.56 Å². The van der Waals surface area contributed by atoms with Crippen molar-refractivity contribution in [1.29, 1.82) is 0 Å². The first kappa shape index (κ1) is 19.6. The van der Waals surface area contributed by atoms with Crippen molar-refractivity contribution in [2.24, 2.45) is 5.73 Å². The number of aromatic amines is 1. The Morgan fingerprint density at radius 1 is 1.33 bits per heavy atom. The summed E-state index contributed by atoms with van der Waals surface area (Å²) in [7, 11) is 0. The zero-order chi connectivity index (χ0) is 16.8. The maximum Gasteiger partial charge on any atom is 0.322 e. The van der Waals surface area contributed by atoms with Gasteiger partial charge < -0.3 is 10.6 Å². The van der Waals surface area contributed by atoms with Crippen molar-refractivity contribution in [3.05, 3.63) is 57.4 Å². The summed E-state index contributed by atoms with van der Waals surface area (Å²) < 4.78 is 0. The highest BCUT2D eigenvalue weighted by molar-refractivity contribution is 5.96. The van der Waals surface area contributed by atoms with Crippen LogP contribution in [0.5, 0.6) is 0 Å². The second kappa shape index (κ2) is 8.99. The summed E-state index contributed by atoms with van der Waals surface area (Å²) in [4.78, 5) is 24.6. The summed E-state index contributed by atoms with van der Waals surface area (Å²) in [6.07, 6.45) is 0.643. The minimum Gasteiger partial charge on any atom is -0.335 e. The normalized spacial score (nSPS) is 10.1. The second-order valence-electron chi connectivity index (χ2n) is 5.12. The number of nitrogens with zero attached hydrogens (tertiary/aromatic N) is 3. The third-order valence-corrected chi connectivity index (χ3v) is 3.50. The van der Waals surface area contributed by atoms with Crippen LogP contribution in [0.3, 0.4) is 0 Å². The molecule has 8 nitrogen and oxygen atoms in total. The average molecular weight is 354 g/mol. The highest BCUT2D eigenvalue weighted by atomic mass is 35.5. The van der Waals surface area contributed by atoms with Gasteiger partial charge in [-0.3, -0.25) is 20.0 Å². The lowest BCUT2D eigenvalue weighted by Crippen LogP contribution is -2.37. The van der Waals surface area contributed by atoms with Crippen LogP contribution in [-0.2, 0) is 6.42 Å². The molecular formula is C15H20ClN5O3. The molecule has 130 valence electrons. The fourth-order valence-corrected chi connectivity index (χ4v) is 2.33. The lowest BCUT2D eigenvalue weighted by molar-refractivity contribution is -0.385. The Morgan fingerprint density at radius 2 is 2.00 bits per heavy atom. The van der Waals surface area contributed by atoms with Gasteiger partial charge >= 0.3 is 5.69 Å². The van der Waals surface area contributed by atoms with Gasteiger partial charge in [-0.15, -0.1) is 12.4 Å². The zero-order valence-corrected chi connectivity index (χ0v) is 14.1. The monoisotopic (exact) mass is 353 g/mol. The van der Waals surface area contributed by atoms with E-state index >= 15 is 0 Å². The lowest BCUT2D eigenvalue weighted by Gasteiger charge is -2.20. The molecule has 1 amide bonds. The van der Waals surface area contributed by atoms with Gasteiger partial charge in [0.25, 0.3) is 5.91 Å². The fraction of sp³-hybridized carbons (Fsp3) is 0.333. The number of hydrogen-bond acceptors (Lipinski definition) is 5. The van der Waals surface area contributed by atoms with Crippen molar-refractivity contribution in [1.82, 2.24) is 15.1 Å². The third-order valence-electron chi connectivity index (χ3n) is 3.50. The summed E-state index contributed by atoms with van der Waals surface area (Å²) in [6.45, 7) is 2.52. The Labute approximate surface area is 145 Å². The molecule has 2 rings (SSSR count). The van der Waals surface area contributed by atoms with Gasteiger partial charge in [-0.25, -0.2) is 0 Å². The molecule has 0 saturated heterocycles. The molecule has 0 atom stereocenters. The van der Waals surface area contributed by atoms with Crippen molar-refractivity contribution in [3.63, 3.8) is 0 Å². The topological polar surface area (TPSA) is 118 Å². The number of nitrogens with two attached hydrogens (primary N) is 1. The highest BCUT2D eigenvalue weighted by Crippen LogP contribution is 2.21. The van der Waals surface area contributed by atoms with E-state index < -0.39 is 10.8 Å². The Kier molecular flexibility index (Phi) is 7.34. The Balaban J connectivity index is 0.00000288. The van der Waals surface area contributed by atoms with E-state index in [1.807, 2.05) is 30.3 Å². The summed E-state index contributed by atoms with van der Waals surface area (Å²) in [5.74, 6) is -0.484. The smallest absolute Gasteiger partial charge is 0.322 e. The first-order valence-corrected chi connectivity index (χ1v) is 7.27. The van der Waals surface area contributed by atoms with Gasteiger partial charge in [0.05, 0.1) is 4.92 Å². The number of carbonyl (C=O) groups excluding carboxylic acids is 1. The molecule has 0 aliphatic rings. The molecule has 1 heterocycles. The summed E-state index contributed by atoms with van der Waals surface area (Å²) >= 11 is 0. The van der Waals surface area contributed by atoms with Crippen LogP contribution in [0.25, 0.3) is 0 Å². The van der Waals surface area contributed by atoms with Crippen LogP contribution < -0.4 is 5.73 Å². The molecule has 0 unspecified atom stereocenters. The van der Waals surface area contributed by atoms with E-state index in [9.17, 15) is 14.9 Å². The summed E-state index contributed by atoms with van der Waals surface area (Å²) in [6, 6.07) is 9.69. The van der Waals surface area contributed by atoms with Crippen molar-refractivity contribution in [2.45, 2.75) is 13.3 Å². The van der Waals surface area contributed by atoms with Crippen LogP contribution in [-0.4, -0.2) is 45.6 Å². The molecule has 0 fully saturated rings.